The molecule has 33 nitrogen and oxygen atoms in total. The number of esters is 1. The van der Waals surface area contributed by atoms with Gasteiger partial charge in [-0.1, -0.05) is 82.8 Å². The summed E-state index contributed by atoms with van der Waals surface area (Å²) in [5.41, 5.74) is 35.7. The molecular formula is C87H121Cl6N24O9P. The maximum absolute atomic E-state index is 11.1. The molecule has 127 heavy (non-hydrogen) atoms. The van der Waals surface area contributed by atoms with Gasteiger partial charge >= 0.3 is 11.2 Å². The number of nitrogens with two attached hydrogens (primary N) is 5. The van der Waals surface area contributed by atoms with Crippen molar-refractivity contribution >= 4 is 181 Å². The monoisotopic (exact) mass is 1890 g/mol. The van der Waals surface area contributed by atoms with Crippen molar-refractivity contribution in [1.29, 1.82) is 0 Å². The Morgan fingerprint density at radius 1 is 0.480 bits per heavy atom. The van der Waals surface area contributed by atoms with Crippen LogP contribution in [0.4, 0.5) is 34.5 Å². The molecule has 5 aliphatic heterocycles. The third kappa shape index (κ3) is 36.1. The van der Waals surface area contributed by atoms with E-state index >= 15 is 0 Å². The third-order valence-corrected chi connectivity index (χ3v) is 20.4. The number of aromatic nitrogens is 10. The molecule has 0 atom stereocenters. The maximum Gasteiger partial charge on any atom is 0.374 e. The van der Waals surface area contributed by atoms with E-state index in [-0.39, 0.29) is 29.1 Å². The molecule has 5 aromatic heterocycles. The molecule has 690 valence electrons. The van der Waals surface area contributed by atoms with Crippen LogP contribution in [0.2, 0.25) is 15.5 Å². The number of anilines is 6. The van der Waals surface area contributed by atoms with E-state index in [1.54, 1.807) is 13.3 Å². The van der Waals surface area contributed by atoms with E-state index in [2.05, 4.69) is 204 Å². The number of carbonyl (C=O) groups excluding carboxylic acids is 4. The minimum absolute atomic E-state index is 0.225. The van der Waals surface area contributed by atoms with Gasteiger partial charge in [-0.2, -0.15) is 0 Å². The van der Waals surface area contributed by atoms with Crippen molar-refractivity contribution in [3.63, 3.8) is 0 Å². The van der Waals surface area contributed by atoms with Crippen molar-refractivity contribution in [1.82, 2.24) is 74.4 Å². The zero-order valence-corrected chi connectivity index (χ0v) is 80.4. The normalized spacial score (nSPS) is 14.6. The molecule has 5 aliphatic rings. The number of ketones is 2. The number of Topliss-reactive ketones (excluding diaryl/α,β-unsaturated/α-hetero) is 2. The molecule has 12 N–H and O–H groups in total. The van der Waals surface area contributed by atoms with Gasteiger partial charge in [-0.3, -0.25) is 35.0 Å². The summed E-state index contributed by atoms with van der Waals surface area (Å²) in [4.78, 5) is 90.1. The largest absolute Gasteiger partial charge is 0.460 e. The van der Waals surface area contributed by atoms with Crippen LogP contribution in [0.25, 0.3) is 49.8 Å². The van der Waals surface area contributed by atoms with Crippen LogP contribution in [0.3, 0.4) is 0 Å². The number of nitrogen functional groups attached to an aromatic ring is 2. The average Bonchev–Trinajstić information content (AvgIpc) is 1.72. The number of halogens is 6. The van der Waals surface area contributed by atoms with Gasteiger partial charge in [0.2, 0.25) is 17.2 Å². The fourth-order valence-corrected chi connectivity index (χ4v) is 13.2. The molecule has 0 bridgehead atoms. The second kappa shape index (κ2) is 54.4. The number of hydrogen-bond donors (Lipinski definition) is 7. The summed E-state index contributed by atoms with van der Waals surface area (Å²) in [7, 11) is 8.59. The van der Waals surface area contributed by atoms with E-state index in [0.717, 1.165) is 192 Å². The van der Waals surface area contributed by atoms with Gasteiger partial charge in [0, 0.05) is 150 Å². The summed E-state index contributed by atoms with van der Waals surface area (Å²) in [6.07, 6.45) is 2.00. The van der Waals surface area contributed by atoms with E-state index in [4.69, 9.17) is 81.2 Å². The number of nitrogens with zero attached hydrogens (tertiary/aromatic N) is 17. The van der Waals surface area contributed by atoms with Crippen LogP contribution in [0.5, 0.6) is 0 Å². The summed E-state index contributed by atoms with van der Waals surface area (Å²) in [5.74, 6) is 8.54. The van der Waals surface area contributed by atoms with Crippen LogP contribution in [-0.2, 0) is 55.7 Å². The van der Waals surface area contributed by atoms with Gasteiger partial charge in [0.1, 0.15) is 6.33 Å². The van der Waals surface area contributed by atoms with E-state index in [0.29, 0.717) is 42.9 Å². The Hall–Kier alpha value is -9.04. The van der Waals surface area contributed by atoms with Gasteiger partial charge in [-0.05, 0) is 231 Å². The first-order chi connectivity index (χ1) is 60.5. The zero-order chi connectivity index (χ0) is 93.6. The number of aryl methyl sites for hydroxylation is 6. The number of fused-ring (bicyclic) bond motifs is 7. The summed E-state index contributed by atoms with van der Waals surface area (Å²) < 4.78 is 31.1. The van der Waals surface area contributed by atoms with Gasteiger partial charge in [-0.15, -0.1) is 10.2 Å². The van der Waals surface area contributed by atoms with Crippen LogP contribution < -0.4 is 54.2 Å². The molecule has 11 aromatic rings. The van der Waals surface area contributed by atoms with Crippen LogP contribution in [0.15, 0.2) is 116 Å². The second-order valence-corrected chi connectivity index (χ2v) is 37.6. The van der Waals surface area contributed by atoms with Gasteiger partial charge < -0.3 is 81.1 Å². The lowest BCUT2D eigenvalue weighted by atomic mass is 10.0. The Morgan fingerprint density at radius 2 is 0.874 bits per heavy atom. The van der Waals surface area contributed by atoms with Crippen molar-refractivity contribution in [3.05, 3.63) is 176 Å². The second-order valence-electron chi connectivity index (χ2n) is 29.9. The lowest BCUT2D eigenvalue weighted by Crippen LogP contribution is -2.45. The number of piperazine rings is 4. The van der Waals surface area contributed by atoms with Gasteiger partial charge in [0.25, 0.3) is 12.4 Å². The molecule has 10 heterocycles. The van der Waals surface area contributed by atoms with Gasteiger partial charge in [0.05, 0.1) is 67.8 Å². The lowest BCUT2D eigenvalue weighted by molar-refractivity contribution is -0.282. The average molecular weight is 1890 g/mol. The molecule has 16 rings (SSSR count). The number of hydrogen-bond acceptors (Lipinski definition) is 31. The molecule has 0 unspecified atom stereocenters. The van der Waals surface area contributed by atoms with Crippen LogP contribution in [-0.4, -0.2) is 258 Å². The predicted octanol–water partition coefficient (Wildman–Crippen LogP) is 13.0. The Labute approximate surface area is 773 Å². The summed E-state index contributed by atoms with van der Waals surface area (Å²) >= 11 is 31.6. The quantitative estimate of drug-likeness (QED) is 0.0114. The third-order valence-electron chi connectivity index (χ3n) is 19.5. The molecule has 0 aliphatic carbocycles. The maximum atomic E-state index is 11.1. The number of nitrogens with one attached hydrogen (secondary N) is 2. The predicted molar refractivity (Wildman–Crippen MR) is 516 cm³/mol. The molecule has 4 fully saturated rings. The van der Waals surface area contributed by atoms with Crippen molar-refractivity contribution < 1.29 is 42.7 Å². The van der Waals surface area contributed by atoms with Crippen LogP contribution in [0.1, 0.15) is 79.3 Å². The first-order valence-electron chi connectivity index (χ1n) is 41.4. The Bertz CT molecular complexity index is 5380. The highest BCUT2D eigenvalue weighted by Gasteiger charge is 2.26. The molecule has 4 saturated heterocycles. The summed E-state index contributed by atoms with van der Waals surface area (Å²) in [6.45, 7) is 39.6. The number of rotatable bonds is 12. The van der Waals surface area contributed by atoms with E-state index in [1.165, 1.54) is 36.7 Å². The lowest BCUT2D eigenvalue weighted by Gasteiger charge is -2.34. The van der Waals surface area contributed by atoms with E-state index in [1.807, 2.05) is 126 Å². The Morgan fingerprint density at radius 3 is 1.31 bits per heavy atom. The van der Waals surface area contributed by atoms with Gasteiger partial charge in [0.15, 0.2) is 32.9 Å². The number of benzene rings is 6. The Kier molecular flexibility index (Phi) is 45.8. The van der Waals surface area contributed by atoms with Gasteiger partial charge in [-0.25, -0.2) is 39.7 Å². The molecular weight excluding hydrogens is 1770 g/mol. The zero-order valence-electron chi connectivity index (χ0n) is 75.0. The van der Waals surface area contributed by atoms with Crippen molar-refractivity contribution in [2.75, 3.05) is 191 Å². The molecule has 6 aromatic carbocycles. The van der Waals surface area contributed by atoms with Crippen molar-refractivity contribution in [2.45, 2.75) is 95.6 Å². The summed E-state index contributed by atoms with van der Waals surface area (Å²) in [6, 6.07) is 35.6. The minimum Gasteiger partial charge on any atom is -0.460 e. The molecule has 1 amide bonds. The number of ether oxygens (including phenoxy) is 4. The topological polar surface area (TPSA) is 420 Å². The first kappa shape index (κ1) is 107. The fraction of sp³-hybridized carbons (Fsp3) is 0.437. The Balaban J connectivity index is 0.000000223. The smallest absolute Gasteiger partial charge is 0.374 e. The highest BCUT2D eigenvalue weighted by Crippen LogP contribution is 2.61. The number of amides is 1. The highest BCUT2D eigenvalue weighted by molar-refractivity contribution is 8.24. The van der Waals surface area contributed by atoms with Crippen molar-refractivity contribution in [3.8, 4) is 0 Å². The van der Waals surface area contributed by atoms with Crippen LogP contribution in [0, 0.1) is 41.5 Å². The molecule has 0 spiro atoms. The minimum atomic E-state index is -3.22. The molecule has 0 radical (unpaired) electrons. The SMILES string of the molecule is CCOC(=O)C(C)=O.CCOC(OCC)OCC.CN1CCNCC1.Cc1ccc(N)c(N)c1.Cc1ccc2c(c1)CC(=O)C(=O)N2.Cc1ccc2nc(Cl)c(Cl)nc2c1.Cc1ccc2nc(N3CCN(C)CC3)c(CN)nc2c1.Cc1ccc2nc(N3CCN(C)CC3)c(Cl)nc2c1.Cc1ccc2nc(N3CCN(C)CC3)c3nncn3c2c1.NN.O=P(Cl)(Cl)Cl. The molecule has 40 heteroatoms. The number of hydrazine groups is 1. The van der Waals surface area contributed by atoms with Crippen LogP contribution >= 0.6 is 73.7 Å². The number of likely N-dealkylation sites (N-methyl/N-ethyl adjacent to an activating group) is 4. The van der Waals surface area contributed by atoms with E-state index in [9.17, 15) is 23.7 Å². The van der Waals surface area contributed by atoms with E-state index < -0.39 is 29.3 Å². The number of carbonyl (C=O) groups is 4. The summed E-state index contributed by atoms with van der Waals surface area (Å²) in [5, 5.41) is 12.0. The van der Waals surface area contributed by atoms with Crippen molar-refractivity contribution in [2.24, 2.45) is 17.4 Å². The molecule has 0 saturated carbocycles. The highest BCUT2D eigenvalue weighted by atomic mass is 36.0. The first-order valence-corrected chi connectivity index (χ1v) is 46.9. The standard InChI is InChI=1S/C15H18N6.C15H21N5.C14H17ClN4.C10H9NO2.C9H6Cl2N2.C7H10N2.C7H16O3.C5H12N2.C5H8O3.Cl3OP.H4N2/c1-11-3-4-12-13(9-11)21-10-16-18-15(21)14(17-12)20-7-5-19(2)6-8-20;1-11-3-4-12-13(9-11)17-14(10-16)15(18-12)20-7-5-19(2)6-8-20;1-10-3-4-11-12(9-10)16-13(15)14(17-11)19-7-5-18(2)6-8-19;1-6-2-3-8-7(4-6)5-9(12)10(13)11-8;1-5-2-3-6-7(4-5)13-9(11)8(10)12-6;1-5-2-3-6(8)7(9)4-5;1-4-8-7(9-5-2)10-6-3;1-7-4-2-6-3-5-7;1-3-8-5(7)4(2)6;1-5(2,3)4;1-2/h3-4,9-10H,5-8H2,1-2H3;3-4,9H,5-8,10,16H2,1-2H3;3-4,9H,5-8H2,1-2H3;2-4H,5H2,1H3,(H,11,13);2-4H,1H3;2-4H,8-9H2,1H3;7H,4-6H2,1-3H3;6H,2-5H2,1H3;3H2,1-2H3;;1-2H2. The fourth-order valence-electron chi connectivity index (χ4n) is 12.6.